The van der Waals surface area contributed by atoms with Crippen molar-refractivity contribution >= 4 is 0 Å². The molecule has 7 nitrogen and oxygen atoms in total. The summed E-state index contributed by atoms with van der Waals surface area (Å²) in [5, 5.41) is 6.53. The lowest BCUT2D eigenvalue weighted by Crippen LogP contribution is -2.15. The second-order valence-electron chi connectivity index (χ2n) is 4.49. The first kappa shape index (κ1) is 13.2. The highest BCUT2D eigenvalue weighted by Gasteiger charge is 2.16. The van der Waals surface area contributed by atoms with Crippen molar-refractivity contribution in [2.24, 2.45) is 0 Å². The molecule has 0 aliphatic carbocycles. The summed E-state index contributed by atoms with van der Waals surface area (Å²) < 4.78 is 6.89. The third kappa shape index (κ3) is 2.33. The maximum Gasteiger partial charge on any atom is 0.348 e. The number of rotatable bonds is 4. The Morgan fingerprint density at radius 1 is 1.29 bits per heavy atom. The summed E-state index contributed by atoms with van der Waals surface area (Å²) in [6.07, 6.45) is 1.58. The summed E-state index contributed by atoms with van der Waals surface area (Å²) in [6, 6.07) is 7.26. The van der Waals surface area contributed by atoms with Gasteiger partial charge < -0.3 is 9.72 Å². The molecule has 0 unspecified atom stereocenters. The molecule has 0 atom stereocenters. The molecule has 0 amide bonds. The molecule has 0 fully saturated rings. The van der Waals surface area contributed by atoms with Crippen LogP contribution < -0.4 is 10.4 Å². The van der Waals surface area contributed by atoms with Crippen molar-refractivity contribution in [2.75, 3.05) is 6.61 Å². The summed E-state index contributed by atoms with van der Waals surface area (Å²) in [7, 11) is 0. The number of benzene rings is 1. The van der Waals surface area contributed by atoms with Gasteiger partial charge in [-0.15, -0.1) is 0 Å². The van der Waals surface area contributed by atoms with E-state index in [4.69, 9.17) is 4.74 Å². The second kappa shape index (κ2) is 5.28. The molecule has 108 valence electrons. The molecule has 3 rings (SSSR count). The molecule has 2 N–H and O–H groups in total. The van der Waals surface area contributed by atoms with Crippen LogP contribution in [0.3, 0.4) is 0 Å². The predicted molar refractivity (Wildman–Crippen MR) is 77.7 cm³/mol. The number of aromatic nitrogens is 5. The maximum absolute atomic E-state index is 12.0. The third-order valence-electron chi connectivity index (χ3n) is 3.12. The zero-order valence-corrected chi connectivity index (χ0v) is 11.8. The molecule has 2 aromatic heterocycles. The van der Waals surface area contributed by atoms with E-state index in [1.165, 1.54) is 4.57 Å². The molecule has 0 aliphatic rings. The number of H-pyrrole nitrogens is 2. The molecule has 0 bridgehead atoms. The number of ether oxygens (including phenoxy) is 1. The highest BCUT2D eigenvalue weighted by molar-refractivity contribution is 5.56. The molecule has 1 aromatic carbocycles. The van der Waals surface area contributed by atoms with E-state index in [9.17, 15) is 4.79 Å². The van der Waals surface area contributed by atoms with Crippen molar-refractivity contribution in [1.82, 2.24) is 24.7 Å². The van der Waals surface area contributed by atoms with Gasteiger partial charge in [-0.05, 0) is 38.1 Å². The van der Waals surface area contributed by atoms with Crippen LogP contribution in [0.15, 0.2) is 35.4 Å². The summed E-state index contributed by atoms with van der Waals surface area (Å²) in [6.45, 7) is 4.40. The van der Waals surface area contributed by atoms with E-state index in [0.29, 0.717) is 23.8 Å². The van der Waals surface area contributed by atoms with Crippen LogP contribution in [0.25, 0.3) is 17.2 Å². The van der Waals surface area contributed by atoms with Crippen molar-refractivity contribution in [1.29, 1.82) is 0 Å². The van der Waals surface area contributed by atoms with Gasteiger partial charge in [0, 0.05) is 5.69 Å². The molecule has 2 heterocycles. The number of nitrogens with one attached hydrogen (secondary N) is 2. The smallest absolute Gasteiger partial charge is 0.348 e. The topological polar surface area (TPSA) is 88.6 Å². The van der Waals surface area contributed by atoms with E-state index < -0.39 is 0 Å². The molecular formula is C14H15N5O2. The number of hydrogen-bond donors (Lipinski definition) is 2. The highest BCUT2D eigenvalue weighted by atomic mass is 16.5. The van der Waals surface area contributed by atoms with Gasteiger partial charge in [-0.25, -0.2) is 19.4 Å². The molecule has 0 spiro atoms. The van der Waals surface area contributed by atoms with Gasteiger partial charge in [-0.3, -0.25) is 0 Å². The van der Waals surface area contributed by atoms with E-state index >= 15 is 0 Å². The van der Waals surface area contributed by atoms with Crippen LogP contribution in [0.2, 0.25) is 0 Å². The van der Waals surface area contributed by atoms with Crippen LogP contribution in [0.1, 0.15) is 12.6 Å². The second-order valence-corrected chi connectivity index (χ2v) is 4.49. The first-order valence-corrected chi connectivity index (χ1v) is 6.61. The Balaban J connectivity index is 2.08. The van der Waals surface area contributed by atoms with E-state index in [1.807, 2.05) is 38.1 Å². The van der Waals surface area contributed by atoms with Crippen LogP contribution in [-0.2, 0) is 0 Å². The van der Waals surface area contributed by atoms with Gasteiger partial charge in [0.05, 0.1) is 18.6 Å². The minimum absolute atomic E-state index is 0.309. The van der Waals surface area contributed by atoms with E-state index in [1.54, 1.807) is 6.33 Å². The number of hydrogen-bond acceptors (Lipinski definition) is 4. The molecule has 3 aromatic rings. The van der Waals surface area contributed by atoms with Gasteiger partial charge in [0.1, 0.15) is 11.4 Å². The monoisotopic (exact) mass is 285 g/mol. The summed E-state index contributed by atoms with van der Waals surface area (Å²) in [5.41, 5.74) is 1.88. The molecule has 7 heteroatoms. The molecule has 0 radical (unpaired) electrons. The lowest BCUT2D eigenvalue weighted by atomic mass is 10.2. The van der Waals surface area contributed by atoms with Gasteiger partial charge in [0.2, 0.25) is 0 Å². The summed E-state index contributed by atoms with van der Waals surface area (Å²) in [4.78, 5) is 19.2. The molecular weight excluding hydrogens is 270 g/mol. The fraction of sp³-hybridized carbons (Fsp3) is 0.214. The molecule has 0 aliphatic heterocycles. The van der Waals surface area contributed by atoms with Crippen LogP contribution in [0.5, 0.6) is 5.75 Å². The van der Waals surface area contributed by atoms with Crippen LogP contribution in [0, 0.1) is 6.92 Å². The predicted octanol–water partition coefficient (Wildman–Crippen LogP) is 1.66. The Morgan fingerprint density at radius 2 is 2.05 bits per heavy atom. The van der Waals surface area contributed by atoms with Crippen LogP contribution >= 0.6 is 0 Å². The Labute approximate surface area is 120 Å². The highest BCUT2D eigenvalue weighted by Crippen LogP contribution is 2.21. The lowest BCUT2D eigenvalue weighted by molar-refractivity contribution is 0.340. The van der Waals surface area contributed by atoms with Crippen molar-refractivity contribution in [2.45, 2.75) is 13.8 Å². The zero-order valence-electron chi connectivity index (χ0n) is 11.8. The summed E-state index contributed by atoms with van der Waals surface area (Å²) >= 11 is 0. The van der Waals surface area contributed by atoms with Gasteiger partial charge in [0.25, 0.3) is 0 Å². The first-order chi connectivity index (χ1) is 10.2. The summed E-state index contributed by atoms with van der Waals surface area (Å²) in [5.74, 6) is 1.23. The average Bonchev–Trinajstić information content (AvgIpc) is 3.06. The van der Waals surface area contributed by atoms with Crippen LogP contribution in [-0.4, -0.2) is 31.3 Å². The Kier molecular flexibility index (Phi) is 3.31. The SMILES string of the molecule is CCOc1ccc(-n2c(-c3nc[nH]c3C)n[nH]c2=O)cc1. The van der Waals surface area contributed by atoms with E-state index in [2.05, 4.69) is 20.2 Å². The van der Waals surface area contributed by atoms with Crippen molar-refractivity contribution in [3.05, 3.63) is 46.8 Å². The van der Waals surface area contributed by atoms with E-state index in [0.717, 1.165) is 11.4 Å². The Hall–Kier alpha value is -2.83. The number of aryl methyl sites for hydroxylation is 1. The quantitative estimate of drug-likeness (QED) is 0.763. The normalized spacial score (nSPS) is 10.8. The standard InChI is InChI=1S/C14H15N5O2/c1-3-21-11-6-4-10(5-7-11)19-13(17-18-14(19)20)12-9(2)15-8-16-12/h4-8H,3H2,1-2H3,(H,15,16)(H,18,20). The van der Waals surface area contributed by atoms with Gasteiger partial charge in [0.15, 0.2) is 5.82 Å². The molecule has 0 saturated heterocycles. The maximum atomic E-state index is 12.0. The Morgan fingerprint density at radius 3 is 2.67 bits per heavy atom. The largest absolute Gasteiger partial charge is 0.494 e. The fourth-order valence-electron chi connectivity index (χ4n) is 2.14. The van der Waals surface area contributed by atoms with Gasteiger partial charge >= 0.3 is 5.69 Å². The fourth-order valence-corrected chi connectivity index (χ4v) is 2.14. The van der Waals surface area contributed by atoms with Gasteiger partial charge in [-0.1, -0.05) is 0 Å². The minimum atomic E-state index is -0.309. The van der Waals surface area contributed by atoms with Gasteiger partial charge in [-0.2, -0.15) is 5.10 Å². The number of nitrogens with zero attached hydrogens (tertiary/aromatic N) is 3. The lowest BCUT2D eigenvalue weighted by Gasteiger charge is -2.07. The Bertz CT molecular complexity index is 797. The number of aromatic amines is 2. The first-order valence-electron chi connectivity index (χ1n) is 6.61. The average molecular weight is 285 g/mol. The minimum Gasteiger partial charge on any atom is -0.494 e. The molecule has 21 heavy (non-hydrogen) atoms. The zero-order chi connectivity index (χ0) is 14.8. The van der Waals surface area contributed by atoms with E-state index in [-0.39, 0.29) is 5.69 Å². The number of imidazole rings is 1. The van der Waals surface area contributed by atoms with Crippen LogP contribution in [0.4, 0.5) is 0 Å². The van der Waals surface area contributed by atoms with Crippen molar-refractivity contribution in [3.8, 4) is 23.0 Å². The third-order valence-corrected chi connectivity index (χ3v) is 3.12. The molecule has 0 saturated carbocycles. The van der Waals surface area contributed by atoms with Crippen molar-refractivity contribution < 1.29 is 4.74 Å². The van der Waals surface area contributed by atoms with Crippen molar-refractivity contribution in [3.63, 3.8) is 0 Å².